The first-order chi connectivity index (χ1) is 5.68. The average molecular weight is 161 g/mol. The molecule has 0 aliphatic carbocycles. The molecule has 1 rings (SSSR count). The van der Waals surface area contributed by atoms with Crippen molar-refractivity contribution in [3.05, 3.63) is 47.7 Å². The minimum Gasteiger partial charge on any atom is -0.385 e. The van der Waals surface area contributed by atoms with Gasteiger partial charge in [-0.25, -0.2) is 0 Å². The first kappa shape index (κ1) is 8.85. The van der Waals surface area contributed by atoms with Crippen molar-refractivity contribution in [2.45, 2.75) is 20.4 Å². The van der Waals surface area contributed by atoms with Crippen molar-refractivity contribution in [1.82, 2.24) is 5.32 Å². The largest absolute Gasteiger partial charge is 0.385 e. The predicted octanol–water partition coefficient (Wildman–Crippen LogP) is 2.62. The van der Waals surface area contributed by atoms with E-state index in [0.717, 1.165) is 12.2 Å². The summed E-state index contributed by atoms with van der Waals surface area (Å²) in [6.07, 6.45) is 0. The zero-order valence-corrected chi connectivity index (χ0v) is 7.72. The summed E-state index contributed by atoms with van der Waals surface area (Å²) in [5.41, 5.74) is 3.62. The maximum atomic E-state index is 3.78. The van der Waals surface area contributed by atoms with Crippen molar-refractivity contribution < 1.29 is 0 Å². The van der Waals surface area contributed by atoms with Crippen LogP contribution in [0.2, 0.25) is 0 Å². The zero-order chi connectivity index (χ0) is 8.97. The molecule has 12 heavy (non-hydrogen) atoms. The van der Waals surface area contributed by atoms with E-state index in [4.69, 9.17) is 0 Å². The first-order valence-corrected chi connectivity index (χ1v) is 4.13. The van der Waals surface area contributed by atoms with E-state index in [1.807, 2.05) is 6.92 Å². The first-order valence-electron chi connectivity index (χ1n) is 4.13. The number of allylic oxidation sites excluding steroid dienone is 1. The van der Waals surface area contributed by atoms with Gasteiger partial charge in [0.15, 0.2) is 0 Å². The second kappa shape index (κ2) is 3.96. The lowest BCUT2D eigenvalue weighted by molar-refractivity contribution is 0.815. The molecule has 1 nitrogen and oxygen atoms in total. The maximum Gasteiger partial charge on any atom is 0.0397 e. The highest BCUT2D eigenvalue weighted by molar-refractivity contribution is 5.22. The van der Waals surface area contributed by atoms with Crippen LogP contribution in [0.4, 0.5) is 0 Å². The van der Waals surface area contributed by atoms with E-state index in [9.17, 15) is 0 Å². The highest BCUT2D eigenvalue weighted by Gasteiger charge is 1.91. The molecule has 1 aromatic carbocycles. The van der Waals surface area contributed by atoms with E-state index in [1.165, 1.54) is 11.1 Å². The monoisotopic (exact) mass is 161 g/mol. The molecule has 0 bridgehead atoms. The van der Waals surface area contributed by atoms with Gasteiger partial charge in [0.2, 0.25) is 0 Å². The topological polar surface area (TPSA) is 12.0 Å². The fourth-order valence-electron chi connectivity index (χ4n) is 1.08. The number of hydrogen-bond acceptors (Lipinski definition) is 1. The van der Waals surface area contributed by atoms with E-state index < -0.39 is 0 Å². The van der Waals surface area contributed by atoms with Crippen LogP contribution in [-0.2, 0) is 6.54 Å². The van der Waals surface area contributed by atoms with Gasteiger partial charge in [0.05, 0.1) is 0 Å². The van der Waals surface area contributed by atoms with Gasteiger partial charge in [-0.15, -0.1) is 0 Å². The highest BCUT2D eigenvalue weighted by atomic mass is 14.9. The Bertz CT molecular complexity index is 276. The van der Waals surface area contributed by atoms with Crippen molar-refractivity contribution in [2.75, 3.05) is 0 Å². The van der Waals surface area contributed by atoms with Gasteiger partial charge in [-0.1, -0.05) is 36.4 Å². The van der Waals surface area contributed by atoms with Crippen LogP contribution in [0.25, 0.3) is 0 Å². The minimum absolute atomic E-state index is 0.872. The molecule has 0 heterocycles. The van der Waals surface area contributed by atoms with Gasteiger partial charge in [-0.05, 0) is 19.4 Å². The Kier molecular flexibility index (Phi) is 2.92. The lowest BCUT2D eigenvalue weighted by Gasteiger charge is -2.05. The minimum atomic E-state index is 0.872. The Morgan fingerprint density at radius 2 is 2.25 bits per heavy atom. The Morgan fingerprint density at radius 1 is 1.50 bits per heavy atom. The van der Waals surface area contributed by atoms with Crippen molar-refractivity contribution in [1.29, 1.82) is 0 Å². The molecular weight excluding hydrogens is 146 g/mol. The Balaban J connectivity index is 2.57. The molecule has 0 unspecified atom stereocenters. The number of benzene rings is 1. The van der Waals surface area contributed by atoms with E-state index in [0.29, 0.717) is 0 Å². The lowest BCUT2D eigenvalue weighted by Crippen LogP contribution is -2.09. The van der Waals surface area contributed by atoms with Gasteiger partial charge in [0.25, 0.3) is 0 Å². The summed E-state index contributed by atoms with van der Waals surface area (Å²) in [7, 11) is 0. The molecule has 0 atom stereocenters. The zero-order valence-electron chi connectivity index (χ0n) is 7.72. The van der Waals surface area contributed by atoms with Crippen molar-refractivity contribution in [2.24, 2.45) is 0 Å². The Hall–Kier alpha value is -1.24. The SMILES string of the molecule is C=C(C)NCc1cccc(C)c1. The van der Waals surface area contributed by atoms with E-state index in [2.05, 4.69) is 43.1 Å². The number of rotatable bonds is 3. The average Bonchev–Trinajstić information content (AvgIpc) is 2.01. The third-order valence-corrected chi connectivity index (χ3v) is 1.68. The smallest absolute Gasteiger partial charge is 0.0397 e. The van der Waals surface area contributed by atoms with Gasteiger partial charge in [-0.3, -0.25) is 0 Å². The fourth-order valence-corrected chi connectivity index (χ4v) is 1.08. The molecule has 0 saturated carbocycles. The second-order valence-electron chi connectivity index (χ2n) is 3.12. The molecule has 0 aromatic heterocycles. The summed E-state index contributed by atoms with van der Waals surface area (Å²) in [5.74, 6) is 0. The van der Waals surface area contributed by atoms with Gasteiger partial charge in [0, 0.05) is 12.2 Å². The molecule has 0 fully saturated rings. The van der Waals surface area contributed by atoms with Crippen LogP contribution in [-0.4, -0.2) is 0 Å². The predicted molar refractivity (Wildman–Crippen MR) is 52.8 cm³/mol. The summed E-state index contributed by atoms with van der Waals surface area (Å²) >= 11 is 0. The summed E-state index contributed by atoms with van der Waals surface area (Å²) in [6, 6.07) is 8.47. The molecule has 0 amide bonds. The number of hydrogen-bond donors (Lipinski definition) is 1. The standard InChI is InChI=1S/C11H15N/c1-9(2)12-8-11-6-4-5-10(3)7-11/h4-7,12H,1,8H2,2-3H3. The molecule has 1 N–H and O–H groups in total. The van der Waals surface area contributed by atoms with Gasteiger partial charge >= 0.3 is 0 Å². The van der Waals surface area contributed by atoms with Gasteiger partial charge < -0.3 is 5.32 Å². The van der Waals surface area contributed by atoms with Crippen molar-refractivity contribution in [3.8, 4) is 0 Å². The third-order valence-electron chi connectivity index (χ3n) is 1.68. The van der Waals surface area contributed by atoms with Crippen molar-refractivity contribution in [3.63, 3.8) is 0 Å². The van der Waals surface area contributed by atoms with Crippen LogP contribution in [0.1, 0.15) is 18.1 Å². The summed E-state index contributed by atoms with van der Waals surface area (Å²) in [4.78, 5) is 0. The maximum absolute atomic E-state index is 3.78. The van der Waals surface area contributed by atoms with E-state index >= 15 is 0 Å². The van der Waals surface area contributed by atoms with E-state index in [-0.39, 0.29) is 0 Å². The molecule has 0 saturated heterocycles. The normalized spacial score (nSPS) is 9.50. The van der Waals surface area contributed by atoms with E-state index in [1.54, 1.807) is 0 Å². The molecule has 64 valence electrons. The molecule has 1 heteroatoms. The van der Waals surface area contributed by atoms with Crippen LogP contribution < -0.4 is 5.32 Å². The number of aryl methyl sites for hydroxylation is 1. The fraction of sp³-hybridized carbons (Fsp3) is 0.273. The van der Waals surface area contributed by atoms with Crippen LogP contribution in [0.5, 0.6) is 0 Å². The Morgan fingerprint density at radius 3 is 2.83 bits per heavy atom. The van der Waals surface area contributed by atoms with Crippen molar-refractivity contribution >= 4 is 0 Å². The molecule has 0 aliphatic heterocycles. The molecular formula is C11H15N. The summed E-state index contributed by atoms with van der Waals surface area (Å²) in [5, 5.41) is 3.19. The van der Waals surface area contributed by atoms with Crippen LogP contribution >= 0.6 is 0 Å². The molecule has 0 radical (unpaired) electrons. The molecule has 1 aromatic rings. The number of nitrogens with one attached hydrogen (secondary N) is 1. The highest BCUT2D eigenvalue weighted by Crippen LogP contribution is 2.03. The lowest BCUT2D eigenvalue weighted by atomic mass is 10.1. The summed E-state index contributed by atoms with van der Waals surface area (Å²) < 4.78 is 0. The third kappa shape index (κ3) is 2.79. The van der Waals surface area contributed by atoms with Crippen LogP contribution in [0.3, 0.4) is 0 Å². The quantitative estimate of drug-likeness (QED) is 0.718. The molecule has 0 aliphatic rings. The second-order valence-corrected chi connectivity index (χ2v) is 3.12. The van der Waals surface area contributed by atoms with Gasteiger partial charge in [-0.2, -0.15) is 0 Å². The Labute approximate surface area is 74.1 Å². The summed E-state index contributed by atoms with van der Waals surface area (Å²) in [6.45, 7) is 8.72. The van der Waals surface area contributed by atoms with Gasteiger partial charge in [0.1, 0.15) is 0 Å². The molecule has 0 spiro atoms. The van der Waals surface area contributed by atoms with Crippen LogP contribution in [0.15, 0.2) is 36.5 Å². The van der Waals surface area contributed by atoms with Crippen LogP contribution in [0, 0.1) is 6.92 Å².